The second-order valence-electron chi connectivity index (χ2n) is 7.21. The van der Waals surface area contributed by atoms with Crippen molar-refractivity contribution in [2.45, 2.75) is 25.9 Å². The molecular weight excluding hydrogens is 500 g/mol. The van der Waals surface area contributed by atoms with Gasteiger partial charge in [0.15, 0.2) is 6.54 Å². The van der Waals surface area contributed by atoms with Crippen LogP contribution in [0.15, 0.2) is 53.5 Å². The molecule has 3 heterocycles. The van der Waals surface area contributed by atoms with Gasteiger partial charge in [0.2, 0.25) is 12.1 Å². The third-order valence-corrected chi connectivity index (χ3v) is 5.87. The summed E-state index contributed by atoms with van der Waals surface area (Å²) in [6, 6.07) is 9.61. The van der Waals surface area contributed by atoms with Crippen molar-refractivity contribution in [3.63, 3.8) is 0 Å². The Labute approximate surface area is 188 Å². The molecule has 0 bridgehead atoms. The molecular formula is C22H20Br2N2O3. The molecule has 0 radical (unpaired) electrons. The van der Waals surface area contributed by atoms with E-state index >= 15 is 0 Å². The van der Waals surface area contributed by atoms with E-state index < -0.39 is 0 Å². The molecule has 0 amide bonds. The first-order chi connectivity index (χ1) is 13.7. The average molecular weight is 520 g/mol. The predicted octanol–water partition coefficient (Wildman–Crippen LogP) is 0.343. The maximum Gasteiger partial charge on any atom is 0.244 e. The van der Waals surface area contributed by atoms with Gasteiger partial charge in [-0.1, -0.05) is 28.1 Å². The summed E-state index contributed by atoms with van der Waals surface area (Å²) < 4.78 is 16.7. The molecule has 0 saturated heterocycles. The van der Waals surface area contributed by atoms with E-state index in [9.17, 15) is 4.79 Å². The molecule has 29 heavy (non-hydrogen) atoms. The van der Waals surface area contributed by atoms with Gasteiger partial charge in [-0.05, 0) is 18.2 Å². The second kappa shape index (κ2) is 8.32. The number of ether oxygens (including phenoxy) is 2. The maximum absolute atomic E-state index is 12.5. The molecule has 1 aromatic heterocycles. The minimum Gasteiger partial charge on any atom is -1.00 e. The van der Waals surface area contributed by atoms with Crippen LogP contribution in [0.3, 0.4) is 0 Å². The van der Waals surface area contributed by atoms with E-state index in [2.05, 4.69) is 26.6 Å². The van der Waals surface area contributed by atoms with Crippen molar-refractivity contribution < 1.29 is 35.8 Å². The van der Waals surface area contributed by atoms with Crippen LogP contribution in [-0.2, 0) is 25.9 Å². The lowest BCUT2D eigenvalue weighted by Gasteiger charge is -2.11. The lowest BCUT2D eigenvalue weighted by atomic mass is 9.99. The van der Waals surface area contributed by atoms with Crippen LogP contribution in [0, 0.1) is 0 Å². The highest BCUT2D eigenvalue weighted by Crippen LogP contribution is 2.40. The van der Waals surface area contributed by atoms with Gasteiger partial charge in [0.05, 0.1) is 13.2 Å². The summed E-state index contributed by atoms with van der Waals surface area (Å²) in [5.41, 5.74) is 4.42. The van der Waals surface area contributed by atoms with Crippen LogP contribution in [0.5, 0.6) is 11.5 Å². The van der Waals surface area contributed by atoms with E-state index in [1.165, 1.54) is 16.7 Å². The molecule has 0 unspecified atom stereocenters. The van der Waals surface area contributed by atoms with Gasteiger partial charge in [-0.25, -0.2) is 9.13 Å². The summed E-state index contributed by atoms with van der Waals surface area (Å²) in [5.74, 6) is 2.12. The summed E-state index contributed by atoms with van der Waals surface area (Å²) >= 11 is 3.40. The van der Waals surface area contributed by atoms with Crippen molar-refractivity contribution >= 4 is 21.7 Å². The lowest BCUT2D eigenvalue weighted by Crippen LogP contribution is -3.00. The largest absolute Gasteiger partial charge is 1.00 e. The topological polar surface area (TPSA) is 44.3 Å². The first-order valence-electron chi connectivity index (χ1n) is 9.44. The van der Waals surface area contributed by atoms with Gasteiger partial charge < -0.3 is 26.5 Å². The molecule has 3 aromatic rings. The van der Waals surface area contributed by atoms with Crippen LogP contribution < -0.4 is 31.0 Å². The third kappa shape index (κ3) is 3.98. The van der Waals surface area contributed by atoms with Crippen molar-refractivity contribution in [1.82, 2.24) is 4.57 Å². The van der Waals surface area contributed by atoms with Crippen LogP contribution in [0.4, 0.5) is 0 Å². The number of hydrogen-bond acceptors (Lipinski definition) is 3. The average Bonchev–Trinajstić information content (AvgIpc) is 3.42. The van der Waals surface area contributed by atoms with Gasteiger partial charge in [0.25, 0.3) is 0 Å². The van der Waals surface area contributed by atoms with Crippen molar-refractivity contribution in [1.29, 1.82) is 0 Å². The molecule has 2 aliphatic heterocycles. The highest BCUT2D eigenvalue weighted by atomic mass is 79.9. The van der Waals surface area contributed by atoms with E-state index in [1.54, 1.807) is 0 Å². The first kappa shape index (κ1) is 20.2. The van der Waals surface area contributed by atoms with E-state index in [0.717, 1.165) is 42.0 Å². The molecule has 2 aromatic carbocycles. The number of carbonyl (C=O) groups is 1. The van der Waals surface area contributed by atoms with Crippen molar-refractivity contribution in [3.8, 4) is 11.5 Å². The first-order valence-corrected chi connectivity index (χ1v) is 10.2. The van der Waals surface area contributed by atoms with E-state index in [-0.39, 0.29) is 22.8 Å². The lowest BCUT2D eigenvalue weighted by molar-refractivity contribution is -0.687. The number of imidazole rings is 1. The number of ketones is 1. The Morgan fingerprint density at radius 2 is 1.93 bits per heavy atom. The summed E-state index contributed by atoms with van der Waals surface area (Å²) in [6.07, 6.45) is 7.78. The van der Waals surface area contributed by atoms with E-state index in [4.69, 9.17) is 9.47 Å². The Bertz CT molecular complexity index is 1030. The normalized spacial score (nSPS) is 13.8. The highest BCUT2D eigenvalue weighted by molar-refractivity contribution is 9.10. The number of carbonyl (C=O) groups excluding carboxylic acids is 1. The Hall–Kier alpha value is -2.12. The number of Topliss-reactive ketones (excluding diaryl/α,β-unsaturated/α-hetero) is 1. The van der Waals surface area contributed by atoms with Gasteiger partial charge in [0.1, 0.15) is 30.4 Å². The molecule has 0 saturated carbocycles. The molecule has 0 N–H and O–H groups in total. The minimum atomic E-state index is 0. The van der Waals surface area contributed by atoms with Gasteiger partial charge in [-0.15, -0.1) is 0 Å². The summed E-state index contributed by atoms with van der Waals surface area (Å²) in [6.45, 7) is 2.50. The Balaban J connectivity index is 0.00000205. The SMILES string of the molecule is O=C(Cn1cc[n+](Cc2c3c(cc4c2OCC4)OCC3)c1)c1ccc(Br)cc1.[Br-]. The summed E-state index contributed by atoms with van der Waals surface area (Å²) in [4.78, 5) is 12.5. The minimum absolute atomic E-state index is 0. The van der Waals surface area contributed by atoms with Crippen LogP contribution >= 0.6 is 15.9 Å². The van der Waals surface area contributed by atoms with Gasteiger partial charge in [-0.3, -0.25) is 4.79 Å². The molecule has 0 spiro atoms. The zero-order valence-electron chi connectivity index (χ0n) is 15.7. The molecule has 5 rings (SSSR count). The van der Waals surface area contributed by atoms with E-state index in [1.807, 2.05) is 47.6 Å². The van der Waals surface area contributed by atoms with Crippen molar-refractivity contribution in [2.24, 2.45) is 0 Å². The third-order valence-electron chi connectivity index (χ3n) is 5.34. The monoisotopic (exact) mass is 518 g/mol. The zero-order chi connectivity index (χ0) is 19.1. The fourth-order valence-electron chi connectivity index (χ4n) is 3.95. The number of halogens is 2. The van der Waals surface area contributed by atoms with Gasteiger partial charge in [0, 0.05) is 39.6 Å². The number of hydrogen-bond donors (Lipinski definition) is 0. The summed E-state index contributed by atoms with van der Waals surface area (Å²) in [5, 5.41) is 0. The number of fused-ring (bicyclic) bond motifs is 2. The van der Waals surface area contributed by atoms with Crippen LogP contribution in [0.1, 0.15) is 27.0 Å². The standard InChI is InChI=1S/C22H20BrN2O3.BrH/c23-17-3-1-15(2-4-17)20(26)13-25-8-7-24(14-25)12-19-18-6-10-27-21(18)11-16-5-9-28-22(16)19;/h1-4,7-8,11,14H,5-6,9-10,12-13H2;1H/q+1;/p-1. The second-order valence-corrected chi connectivity index (χ2v) is 8.12. The number of nitrogens with zero attached hydrogens (tertiary/aromatic N) is 2. The van der Waals surface area contributed by atoms with Gasteiger partial charge in [-0.2, -0.15) is 0 Å². The molecule has 0 aliphatic carbocycles. The van der Waals surface area contributed by atoms with E-state index in [0.29, 0.717) is 18.7 Å². The highest BCUT2D eigenvalue weighted by Gasteiger charge is 2.27. The van der Waals surface area contributed by atoms with Crippen molar-refractivity contribution in [3.05, 3.63) is 75.8 Å². The maximum atomic E-state index is 12.5. The van der Waals surface area contributed by atoms with Crippen LogP contribution in [0.2, 0.25) is 0 Å². The molecule has 0 fully saturated rings. The Morgan fingerprint density at radius 1 is 1.14 bits per heavy atom. The van der Waals surface area contributed by atoms with Crippen LogP contribution in [-0.4, -0.2) is 23.6 Å². The molecule has 150 valence electrons. The number of benzene rings is 2. The Morgan fingerprint density at radius 3 is 2.76 bits per heavy atom. The quantitative estimate of drug-likeness (QED) is 0.361. The zero-order valence-corrected chi connectivity index (χ0v) is 18.9. The van der Waals surface area contributed by atoms with Crippen LogP contribution in [0.25, 0.3) is 0 Å². The fourth-order valence-corrected chi connectivity index (χ4v) is 4.22. The predicted molar refractivity (Wildman–Crippen MR) is 107 cm³/mol. The fraction of sp³-hybridized carbons (Fsp3) is 0.273. The molecule has 2 aliphatic rings. The molecule has 5 nitrogen and oxygen atoms in total. The number of aromatic nitrogens is 2. The van der Waals surface area contributed by atoms with Crippen molar-refractivity contribution in [2.75, 3.05) is 13.2 Å². The number of rotatable bonds is 5. The summed E-state index contributed by atoms with van der Waals surface area (Å²) in [7, 11) is 0. The Kier molecular flexibility index (Phi) is 5.79. The van der Waals surface area contributed by atoms with Gasteiger partial charge >= 0.3 is 0 Å². The molecule has 7 heteroatoms. The molecule has 0 atom stereocenters. The smallest absolute Gasteiger partial charge is 0.244 e.